The third-order valence-electron chi connectivity index (χ3n) is 1.95. The lowest BCUT2D eigenvalue weighted by molar-refractivity contribution is 0.126. The van der Waals surface area contributed by atoms with E-state index in [1.807, 2.05) is 0 Å². The average molecular weight is 261 g/mol. The van der Waals surface area contributed by atoms with Gasteiger partial charge in [0.2, 0.25) is 10.0 Å². The largest absolute Gasteiger partial charge is 0.252 e. The maximum absolute atomic E-state index is 12.1. The topological polar surface area (TPSA) is 74.1 Å². The number of hydrogen-bond acceptors (Lipinski definition) is 4. The Morgan fingerprint density at radius 2 is 2.18 bits per heavy atom. The molecule has 1 aromatic rings. The number of nitrogens with zero attached hydrogens (tertiary/aromatic N) is 3. The minimum atomic E-state index is -3.98. The van der Waals surface area contributed by atoms with E-state index in [2.05, 4.69) is 4.98 Å². The van der Waals surface area contributed by atoms with Crippen molar-refractivity contribution in [3.05, 3.63) is 24.0 Å². The average Bonchev–Trinajstić information content (AvgIpc) is 2.28. The van der Waals surface area contributed by atoms with E-state index in [9.17, 15) is 17.2 Å². The van der Waals surface area contributed by atoms with Crippen LogP contribution in [0.2, 0.25) is 0 Å². The van der Waals surface area contributed by atoms with E-state index in [0.29, 0.717) is 4.31 Å². The molecule has 0 saturated carbocycles. The van der Waals surface area contributed by atoms with Gasteiger partial charge in [-0.1, -0.05) is 0 Å². The van der Waals surface area contributed by atoms with Crippen molar-refractivity contribution in [2.45, 2.75) is 11.3 Å². The Hall–Kier alpha value is -1.59. The number of aromatic nitrogens is 1. The third-order valence-corrected chi connectivity index (χ3v) is 3.76. The smallest absolute Gasteiger partial charge is 0.244 e. The summed E-state index contributed by atoms with van der Waals surface area (Å²) in [5, 5.41) is 8.49. The van der Waals surface area contributed by atoms with Crippen molar-refractivity contribution in [3.8, 4) is 6.07 Å². The fourth-order valence-corrected chi connectivity index (χ4v) is 2.17. The molecule has 0 aliphatic carbocycles. The number of pyridine rings is 1. The number of alkyl halides is 2. The molecule has 1 rings (SSSR count). The van der Waals surface area contributed by atoms with Crippen LogP contribution in [0.15, 0.2) is 23.2 Å². The Morgan fingerprint density at radius 3 is 2.59 bits per heavy atom. The quantitative estimate of drug-likeness (QED) is 0.805. The molecule has 0 unspecified atom stereocenters. The fourth-order valence-electron chi connectivity index (χ4n) is 1.07. The van der Waals surface area contributed by atoms with E-state index in [4.69, 9.17) is 5.26 Å². The first-order valence-electron chi connectivity index (χ1n) is 4.48. The molecule has 0 atom stereocenters. The maximum Gasteiger partial charge on any atom is 0.252 e. The van der Waals surface area contributed by atoms with Crippen molar-refractivity contribution in [3.63, 3.8) is 0 Å². The first-order chi connectivity index (χ1) is 7.87. The van der Waals surface area contributed by atoms with Gasteiger partial charge in [-0.05, 0) is 12.1 Å². The number of hydrogen-bond donors (Lipinski definition) is 0. The van der Waals surface area contributed by atoms with Crippen LogP contribution >= 0.6 is 0 Å². The lowest BCUT2D eigenvalue weighted by Crippen LogP contribution is -2.31. The number of rotatable bonds is 4. The molecule has 0 aliphatic heterocycles. The Balaban J connectivity index is 3.01. The predicted molar refractivity (Wildman–Crippen MR) is 54.8 cm³/mol. The molecule has 1 heterocycles. The highest BCUT2D eigenvalue weighted by Crippen LogP contribution is 2.14. The normalized spacial score (nSPS) is 11.8. The van der Waals surface area contributed by atoms with Crippen LogP contribution in [0, 0.1) is 11.3 Å². The fraction of sp³-hybridized carbons (Fsp3) is 0.333. The molecule has 17 heavy (non-hydrogen) atoms. The van der Waals surface area contributed by atoms with Crippen molar-refractivity contribution < 1.29 is 17.2 Å². The summed E-state index contributed by atoms with van der Waals surface area (Å²) in [5.74, 6) is 0. The lowest BCUT2D eigenvalue weighted by atomic mass is 10.4. The van der Waals surface area contributed by atoms with Gasteiger partial charge in [0, 0.05) is 13.2 Å². The molecule has 0 saturated heterocycles. The number of nitriles is 1. The van der Waals surface area contributed by atoms with E-state index >= 15 is 0 Å². The van der Waals surface area contributed by atoms with Gasteiger partial charge in [0.1, 0.15) is 16.7 Å². The number of halogens is 2. The molecule has 0 radical (unpaired) electrons. The van der Waals surface area contributed by atoms with Gasteiger partial charge >= 0.3 is 0 Å². The van der Waals surface area contributed by atoms with Gasteiger partial charge in [-0.15, -0.1) is 0 Å². The van der Waals surface area contributed by atoms with Crippen molar-refractivity contribution in [2.24, 2.45) is 0 Å². The Kier molecular flexibility index (Phi) is 4.09. The van der Waals surface area contributed by atoms with Crippen LogP contribution in [0.3, 0.4) is 0 Å². The molecule has 0 bridgehead atoms. The standard InChI is InChI=1S/C9H9F2N3O2S/c1-14(6-9(10)11)17(15,16)8-3-2-7(4-12)13-5-8/h2-3,5,9H,6H2,1H3. The summed E-state index contributed by atoms with van der Waals surface area (Å²) in [6, 6.07) is 4.09. The second-order valence-electron chi connectivity index (χ2n) is 3.17. The van der Waals surface area contributed by atoms with Gasteiger partial charge in [0.15, 0.2) is 0 Å². The first kappa shape index (κ1) is 13.5. The van der Waals surface area contributed by atoms with Crippen molar-refractivity contribution >= 4 is 10.0 Å². The number of sulfonamides is 1. The summed E-state index contributed by atoms with van der Waals surface area (Å²) >= 11 is 0. The Bertz CT molecular complexity index is 522. The van der Waals surface area contributed by atoms with Crippen LogP contribution in [0.1, 0.15) is 5.69 Å². The SMILES string of the molecule is CN(CC(F)F)S(=O)(=O)c1ccc(C#N)nc1. The lowest BCUT2D eigenvalue weighted by Gasteiger charge is -2.16. The highest BCUT2D eigenvalue weighted by molar-refractivity contribution is 7.89. The molecule has 5 nitrogen and oxygen atoms in total. The third kappa shape index (κ3) is 3.18. The molecule has 0 aromatic carbocycles. The van der Waals surface area contributed by atoms with Crippen LogP contribution in [-0.4, -0.2) is 37.7 Å². The van der Waals surface area contributed by atoms with Crippen LogP contribution in [0.4, 0.5) is 8.78 Å². The second kappa shape index (κ2) is 5.16. The van der Waals surface area contributed by atoms with Crippen LogP contribution in [-0.2, 0) is 10.0 Å². The molecular weight excluding hydrogens is 252 g/mol. The molecule has 0 aliphatic rings. The highest BCUT2D eigenvalue weighted by atomic mass is 32.2. The van der Waals surface area contributed by atoms with Gasteiger partial charge in [0.05, 0.1) is 6.54 Å². The van der Waals surface area contributed by atoms with E-state index < -0.39 is 23.0 Å². The van der Waals surface area contributed by atoms with Gasteiger partial charge in [0.25, 0.3) is 6.43 Å². The van der Waals surface area contributed by atoms with Gasteiger partial charge in [-0.3, -0.25) is 0 Å². The Labute approximate surface area is 97.4 Å². The molecule has 0 fully saturated rings. The summed E-state index contributed by atoms with van der Waals surface area (Å²) in [6.45, 7) is -0.887. The first-order valence-corrected chi connectivity index (χ1v) is 5.92. The van der Waals surface area contributed by atoms with Gasteiger partial charge < -0.3 is 0 Å². The van der Waals surface area contributed by atoms with E-state index in [1.165, 1.54) is 6.07 Å². The minimum Gasteiger partial charge on any atom is -0.244 e. The summed E-state index contributed by atoms with van der Waals surface area (Å²) in [5.41, 5.74) is 0.0560. The molecule has 0 spiro atoms. The molecule has 92 valence electrons. The maximum atomic E-state index is 12.1. The molecule has 0 N–H and O–H groups in total. The van der Waals surface area contributed by atoms with E-state index in [-0.39, 0.29) is 10.6 Å². The molecule has 8 heteroatoms. The zero-order valence-corrected chi connectivity index (χ0v) is 9.66. The van der Waals surface area contributed by atoms with Crippen molar-refractivity contribution in [2.75, 3.05) is 13.6 Å². The second-order valence-corrected chi connectivity index (χ2v) is 5.21. The van der Waals surface area contributed by atoms with Crippen molar-refractivity contribution in [1.82, 2.24) is 9.29 Å². The molecule has 1 aromatic heterocycles. The summed E-state index contributed by atoms with van der Waals surface area (Å²) in [6.07, 6.45) is -1.78. The highest BCUT2D eigenvalue weighted by Gasteiger charge is 2.23. The summed E-state index contributed by atoms with van der Waals surface area (Å²) < 4.78 is 48.2. The zero-order chi connectivity index (χ0) is 13.1. The van der Waals surface area contributed by atoms with Gasteiger partial charge in [-0.25, -0.2) is 22.2 Å². The monoisotopic (exact) mass is 261 g/mol. The van der Waals surface area contributed by atoms with E-state index in [1.54, 1.807) is 6.07 Å². The summed E-state index contributed by atoms with van der Waals surface area (Å²) in [7, 11) is -2.92. The van der Waals surface area contributed by atoms with Crippen LogP contribution < -0.4 is 0 Å². The minimum absolute atomic E-state index is 0.0560. The van der Waals surface area contributed by atoms with Crippen LogP contribution in [0.5, 0.6) is 0 Å². The van der Waals surface area contributed by atoms with Gasteiger partial charge in [-0.2, -0.15) is 9.57 Å². The molecule has 0 amide bonds. The molecular formula is C9H9F2N3O2S. The Morgan fingerprint density at radius 1 is 1.53 bits per heavy atom. The predicted octanol–water partition coefficient (Wildman–Crippen LogP) is 0.839. The van der Waals surface area contributed by atoms with Crippen LogP contribution in [0.25, 0.3) is 0 Å². The zero-order valence-electron chi connectivity index (χ0n) is 8.84. The van der Waals surface area contributed by atoms with E-state index in [0.717, 1.165) is 19.3 Å². The van der Waals surface area contributed by atoms with Crippen molar-refractivity contribution in [1.29, 1.82) is 5.26 Å². The summed E-state index contributed by atoms with van der Waals surface area (Å²) in [4.78, 5) is 3.35.